The molecule has 0 aliphatic heterocycles. The van der Waals surface area contributed by atoms with Crippen molar-refractivity contribution in [2.24, 2.45) is 11.7 Å². The first kappa shape index (κ1) is 19.4. The van der Waals surface area contributed by atoms with Gasteiger partial charge in [-0.25, -0.2) is 0 Å². The van der Waals surface area contributed by atoms with Crippen LogP contribution in [0, 0.1) is 5.92 Å². The summed E-state index contributed by atoms with van der Waals surface area (Å²) in [4.78, 5) is 26.1. The highest BCUT2D eigenvalue weighted by atomic mass is 16.2. The van der Waals surface area contributed by atoms with Gasteiger partial charge in [-0.15, -0.1) is 0 Å². The average molecular weight is 345 g/mol. The van der Waals surface area contributed by atoms with Gasteiger partial charge < -0.3 is 16.0 Å². The first-order chi connectivity index (χ1) is 12.2. The topological polar surface area (TPSA) is 75.4 Å². The lowest BCUT2D eigenvalue weighted by Crippen LogP contribution is -2.43. The van der Waals surface area contributed by atoms with E-state index in [1.165, 1.54) is 31.2 Å². The third kappa shape index (κ3) is 7.26. The van der Waals surface area contributed by atoms with E-state index in [-0.39, 0.29) is 18.4 Å². The summed E-state index contributed by atoms with van der Waals surface area (Å²) in [6.45, 7) is 1.63. The predicted molar refractivity (Wildman–Crippen MR) is 100.0 cm³/mol. The molecule has 5 nitrogen and oxygen atoms in total. The van der Waals surface area contributed by atoms with Gasteiger partial charge in [0, 0.05) is 26.1 Å². The van der Waals surface area contributed by atoms with E-state index in [0.717, 1.165) is 12.8 Å². The lowest BCUT2D eigenvalue weighted by molar-refractivity contribution is -0.132. The lowest BCUT2D eigenvalue weighted by Gasteiger charge is -2.22. The van der Waals surface area contributed by atoms with E-state index in [4.69, 9.17) is 5.73 Å². The molecular weight excluding hydrogens is 314 g/mol. The number of nitrogens with zero attached hydrogens (tertiary/aromatic N) is 1. The quantitative estimate of drug-likeness (QED) is 0.682. The van der Waals surface area contributed by atoms with Crippen LogP contribution in [0.4, 0.5) is 0 Å². The van der Waals surface area contributed by atoms with E-state index < -0.39 is 0 Å². The van der Waals surface area contributed by atoms with Crippen molar-refractivity contribution in [3.63, 3.8) is 0 Å². The van der Waals surface area contributed by atoms with E-state index in [1.54, 1.807) is 4.90 Å². The van der Waals surface area contributed by atoms with Crippen LogP contribution in [-0.2, 0) is 16.0 Å². The molecule has 0 aromatic heterocycles. The van der Waals surface area contributed by atoms with Crippen molar-refractivity contribution in [1.82, 2.24) is 10.2 Å². The Bertz CT molecular complexity index is 527. The van der Waals surface area contributed by atoms with Crippen molar-refractivity contribution >= 4 is 11.8 Å². The molecule has 5 heteroatoms. The number of carbonyl (C=O) groups is 2. The van der Waals surface area contributed by atoms with Crippen molar-refractivity contribution in [3.05, 3.63) is 35.9 Å². The second-order valence-electron chi connectivity index (χ2n) is 6.87. The molecule has 0 atom stereocenters. The molecule has 0 radical (unpaired) electrons. The molecule has 2 amide bonds. The Morgan fingerprint density at radius 1 is 1.12 bits per heavy atom. The zero-order chi connectivity index (χ0) is 17.9. The number of hydrogen-bond acceptors (Lipinski definition) is 3. The number of benzene rings is 1. The first-order valence-electron chi connectivity index (χ1n) is 9.47. The average Bonchev–Trinajstić information content (AvgIpc) is 3.16. The molecular formula is C20H31N3O2. The smallest absolute Gasteiger partial charge is 0.242 e. The summed E-state index contributed by atoms with van der Waals surface area (Å²) < 4.78 is 0. The number of amides is 2. The van der Waals surface area contributed by atoms with Crippen molar-refractivity contribution in [2.75, 3.05) is 26.2 Å². The molecule has 0 heterocycles. The molecule has 138 valence electrons. The molecule has 2 rings (SSSR count). The van der Waals surface area contributed by atoms with Crippen LogP contribution in [-0.4, -0.2) is 42.9 Å². The third-order valence-electron chi connectivity index (χ3n) is 4.96. The van der Waals surface area contributed by atoms with Gasteiger partial charge in [0.1, 0.15) is 0 Å². The molecule has 1 aromatic carbocycles. The zero-order valence-electron chi connectivity index (χ0n) is 15.1. The van der Waals surface area contributed by atoms with Crippen LogP contribution in [0.1, 0.15) is 44.1 Å². The Morgan fingerprint density at radius 3 is 2.52 bits per heavy atom. The largest absolute Gasteiger partial charge is 0.347 e. The van der Waals surface area contributed by atoms with Crippen LogP contribution in [0.15, 0.2) is 30.3 Å². The molecule has 0 unspecified atom stereocenters. The van der Waals surface area contributed by atoms with Gasteiger partial charge in [0.2, 0.25) is 11.8 Å². The van der Waals surface area contributed by atoms with E-state index in [0.29, 0.717) is 32.0 Å². The number of rotatable bonds is 10. The Kier molecular flexibility index (Phi) is 8.46. The van der Waals surface area contributed by atoms with E-state index in [1.807, 2.05) is 18.2 Å². The van der Waals surface area contributed by atoms with Crippen LogP contribution in [0.25, 0.3) is 0 Å². The Morgan fingerprint density at radius 2 is 1.84 bits per heavy atom. The lowest BCUT2D eigenvalue weighted by atomic mass is 10.0. The normalized spacial score (nSPS) is 14.4. The molecule has 0 saturated heterocycles. The van der Waals surface area contributed by atoms with Gasteiger partial charge in [0.05, 0.1) is 6.54 Å². The standard InChI is InChI=1S/C20H31N3O2/c21-13-15-23(14-12-18-6-2-1-3-7-18)20(25)16-22-19(24)11-10-17-8-4-5-9-17/h1-3,6-7,17H,4-5,8-16,21H2,(H,22,24). The molecule has 1 saturated carbocycles. The number of hydrogen-bond donors (Lipinski definition) is 2. The van der Waals surface area contributed by atoms with Crippen LogP contribution >= 0.6 is 0 Å². The minimum absolute atomic E-state index is 0.0176. The number of carbonyl (C=O) groups excluding carboxylic acids is 2. The van der Waals surface area contributed by atoms with Crippen LogP contribution in [0.5, 0.6) is 0 Å². The Balaban J connectivity index is 1.70. The molecule has 1 aliphatic rings. The minimum Gasteiger partial charge on any atom is -0.347 e. The van der Waals surface area contributed by atoms with E-state index in [2.05, 4.69) is 17.4 Å². The second kappa shape index (κ2) is 10.9. The monoisotopic (exact) mass is 345 g/mol. The molecule has 0 spiro atoms. The van der Waals surface area contributed by atoms with Gasteiger partial charge in [-0.2, -0.15) is 0 Å². The van der Waals surface area contributed by atoms with Crippen molar-refractivity contribution in [1.29, 1.82) is 0 Å². The maximum absolute atomic E-state index is 12.4. The van der Waals surface area contributed by atoms with Gasteiger partial charge in [-0.3, -0.25) is 9.59 Å². The predicted octanol–water partition coefficient (Wildman–Crippen LogP) is 2.10. The fourth-order valence-electron chi connectivity index (χ4n) is 3.43. The fourth-order valence-corrected chi connectivity index (χ4v) is 3.43. The summed E-state index contributed by atoms with van der Waals surface area (Å²) in [5.74, 6) is 0.618. The number of nitrogens with one attached hydrogen (secondary N) is 1. The van der Waals surface area contributed by atoms with Crippen molar-refractivity contribution in [2.45, 2.75) is 44.9 Å². The third-order valence-corrected chi connectivity index (χ3v) is 4.96. The Hall–Kier alpha value is -1.88. The summed E-state index contributed by atoms with van der Waals surface area (Å²) in [6.07, 6.45) is 7.34. The molecule has 25 heavy (non-hydrogen) atoms. The van der Waals surface area contributed by atoms with Gasteiger partial charge in [0.15, 0.2) is 0 Å². The molecule has 3 N–H and O–H groups in total. The van der Waals surface area contributed by atoms with Crippen LogP contribution in [0.3, 0.4) is 0 Å². The van der Waals surface area contributed by atoms with Crippen LogP contribution < -0.4 is 11.1 Å². The van der Waals surface area contributed by atoms with Gasteiger partial charge >= 0.3 is 0 Å². The SMILES string of the molecule is NCCN(CCc1ccccc1)C(=O)CNC(=O)CCC1CCCC1. The highest BCUT2D eigenvalue weighted by Gasteiger charge is 2.17. The Labute approximate surface area is 151 Å². The summed E-state index contributed by atoms with van der Waals surface area (Å²) in [5.41, 5.74) is 6.82. The van der Waals surface area contributed by atoms with Gasteiger partial charge in [0.25, 0.3) is 0 Å². The summed E-state index contributed by atoms with van der Waals surface area (Å²) in [5, 5.41) is 2.77. The zero-order valence-corrected chi connectivity index (χ0v) is 15.1. The highest BCUT2D eigenvalue weighted by Crippen LogP contribution is 2.28. The minimum atomic E-state index is -0.0596. The van der Waals surface area contributed by atoms with Crippen molar-refractivity contribution in [3.8, 4) is 0 Å². The molecule has 1 fully saturated rings. The summed E-state index contributed by atoms with van der Waals surface area (Å²) in [6, 6.07) is 10.1. The molecule has 0 bridgehead atoms. The summed E-state index contributed by atoms with van der Waals surface area (Å²) in [7, 11) is 0. The second-order valence-corrected chi connectivity index (χ2v) is 6.87. The highest BCUT2D eigenvalue weighted by molar-refractivity contribution is 5.84. The summed E-state index contributed by atoms with van der Waals surface area (Å²) >= 11 is 0. The van der Waals surface area contributed by atoms with Crippen molar-refractivity contribution < 1.29 is 9.59 Å². The van der Waals surface area contributed by atoms with E-state index >= 15 is 0 Å². The maximum Gasteiger partial charge on any atom is 0.242 e. The van der Waals surface area contributed by atoms with Gasteiger partial charge in [-0.05, 0) is 24.3 Å². The molecule has 1 aromatic rings. The number of nitrogens with two attached hydrogens (primary N) is 1. The fraction of sp³-hybridized carbons (Fsp3) is 0.600. The first-order valence-corrected chi connectivity index (χ1v) is 9.47. The van der Waals surface area contributed by atoms with Crippen LogP contribution in [0.2, 0.25) is 0 Å². The molecule has 1 aliphatic carbocycles. The van der Waals surface area contributed by atoms with E-state index in [9.17, 15) is 9.59 Å². The maximum atomic E-state index is 12.4. The van der Waals surface area contributed by atoms with Gasteiger partial charge in [-0.1, -0.05) is 56.0 Å².